The first-order valence-electron chi connectivity index (χ1n) is 9.47. The van der Waals surface area contributed by atoms with E-state index in [1.54, 1.807) is 16.3 Å². The molecule has 1 aromatic heterocycles. The number of halogens is 1. The summed E-state index contributed by atoms with van der Waals surface area (Å²) in [6.45, 7) is 0.408. The molecule has 0 bridgehead atoms. The lowest BCUT2D eigenvalue weighted by Crippen LogP contribution is -2.04. The molecule has 0 aliphatic carbocycles. The zero-order valence-corrected chi connectivity index (χ0v) is 19.0. The number of benzene rings is 3. The van der Waals surface area contributed by atoms with E-state index in [9.17, 15) is 5.11 Å². The Morgan fingerprint density at radius 2 is 1.87 bits per heavy atom. The lowest BCUT2D eigenvalue weighted by molar-refractivity contribution is 0.429. The van der Waals surface area contributed by atoms with Crippen LogP contribution in [0, 0.1) is 0 Å². The SMILES string of the molecule is CSc1cccc(NC(=S)N=Nc2c(O)n(Cc3ccccc3Cl)c3ccccc23)c1. The van der Waals surface area contributed by atoms with Gasteiger partial charge in [0.05, 0.1) is 12.1 Å². The van der Waals surface area contributed by atoms with Gasteiger partial charge in [-0.15, -0.1) is 22.0 Å². The minimum atomic E-state index is 0.0112. The molecule has 0 atom stereocenters. The zero-order valence-electron chi connectivity index (χ0n) is 16.6. The van der Waals surface area contributed by atoms with Crippen molar-refractivity contribution in [2.24, 2.45) is 10.2 Å². The Bertz CT molecular complexity index is 1290. The van der Waals surface area contributed by atoms with Gasteiger partial charge in [0.2, 0.25) is 11.0 Å². The maximum Gasteiger partial charge on any atom is 0.221 e. The molecule has 1 heterocycles. The van der Waals surface area contributed by atoms with Gasteiger partial charge in [-0.25, -0.2) is 0 Å². The Morgan fingerprint density at radius 1 is 1.10 bits per heavy atom. The average molecular weight is 467 g/mol. The molecule has 0 aliphatic rings. The molecule has 5 nitrogen and oxygen atoms in total. The fraction of sp³-hybridized carbons (Fsp3) is 0.0870. The minimum absolute atomic E-state index is 0.0112. The Morgan fingerprint density at radius 3 is 2.68 bits per heavy atom. The molecule has 0 saturated heterocycles. The molecule has 2 N–H and O–H groups in total. The number of hydrogen-bond donors (Lipinski definition) is 2. The number of anilines is 1. The van der Waals surface area contributed by atoms with Gasteiger partial charge in [0, 0.05) is 21.0 Å². The molecule has 0 amide bonds. The molecule has 0 spiro atoms. The number of thioether (sulfide) groups is 1. The van der Waals surface area contributed by atoms with Crippen LogP contribution in [0.2, 0.25) is 5.02 Å². The third kappa shape index (κ3) is 4.74. The largest absolute Gasteiger partial charge is 0.493 e. The van der Waals surface area contributed by atoms with E-state index >= 15 is 0 Å². The Kier molecular flexibility index (Phi) is 6.56. The van der Waals surface area contributed by atoms with Gasteiger partial charge < -0.3 is 15.0 Å². The summed E-state index contributed by atoms with van der Waals surface area (Å²) in [4.78, 5) is 1.12. The molecular formula is C23H19ClN4OS2. The summed E-state index contributed by atoms with van der Waals surface area (Å²) in [7, 11) is 0. The normalized spacial score (nSPS) is 11.3. The van der Waals surface area contributed by atoms with Gasteiger partial charge in [-0.2, -0.15) is 0 Å². The highest BCUT2D eigenvalue weighted by atomic mass is 35.5. The van der Waals surface area contributed by atoms with Gasteiger partial charge in [0.1, 0.15) is 0 Å². The third-order valence-corrected chi connectivity index (χ3v) is 6.04. The van der Waals surface area contributed by atoms with E-state index in [4.69, 9.17) is 23.8 Å². The molecule has 0 aliphatic heterocycles. The van der Waals surface area contributed by atoms with Crippen molar-refractivity contribution in [1.29, 1.82) is 0 Å². The van der Waals surface area contributed by atoms with Gasteiger partial charge in [-0.1, -0.05) is 54.1 Å². The molecule has 0 saturated carbocycles. The van der Waals surface area contributed by atoms with Crippen LogP contribution in [0.4, 0.5) is 11.4 Å². The first-order valence-corrected chi connectivity index (χ1v) is 11.5. The summed E-state index contributed by atoms with van der Waals surface area (Å²) in [6.07, 6.45) is 2.01. The fourth-order valence-corrected chi connectivity index (χ4v) is 4.09. The van der Waals surface area contributed by atoms with E-state index in [0.29, 0.717) is 17.3 Å². The summed E-state index contributed by atoms with van der Waals surface area (Å²) in [5.41, 5.74) is 2.93. The average Bonchev–Trinajstić information content (AvgIpc) is 3.05. The predicted octanol–water partition coefficient (Wildman–Crippen LogP) is 7.25. The van der Waals surface area contributed by atoms with Gasteiger partial charge in [-0.3, -0.25) is 0 Å². The van der Waals surface area contributed by atoms with Crippen LogP contribution in [-0.2, 0) is 6.54 Å². The molecule has 4 rings (SSSR count). The molecular weight excluding hydrogens is 448 g/mol. The van der Waals surface area contributed by atoms with Gasteiger partial charge in [0.25, 0.3) is 0 Å². The number of hydrogen-bond acceptors (Lipinski definition) is 4. The number of azo groups is 1. The maximum absolute atomic E-state index is 10.9. The second kappa shape index (κ2) is 9.51. The lowest BCUT2D eigenvalue weighted by Gasteiger charge is -2.08. The molecule has 156 valence electrons. The standard InChI is InChI=1S/C23H19ClN4OS2/c1-31-17-9-6-8-16(13-17)25-23(30)27-26-21-18-10-3-5-12-20(18)28(22(21)29)14-15-7-2-4-11-19(15)24/h2-13,29H,14H2,1H3,(H,25,30). The van der Waals surface area contributed by atoms with Crippen LogP contribution in [0.15, 0.2) is 87.9 Å². The van der Waals surface area contributed by atoms with E-state index in [1.165, 1.54) is 0 Å². The highest BCUT2D eigenvalue weighted by molar-refractivity contribution is 7.98. The fourth-order valence-electron chi connectivity index (χ4n) is 3.27. The second-order valence-corrected chi connectivity index (χ2v) is 8.40. The summed E-state index contributed by atoms with van der Waals surface area (Å²) < 4.78 is 1.77. The number of thiocarbonyl (C=S) groups is 1. The van der Waals surface area contributed by atoms with Crippen LogP contribution < -0.4 is 5.32 Å². The Balaban J connectivity index is 1.64. The monoisotopic (exact) mass is 466 g/mol. The van der Waals surface area contributed by atoms with Crippen LogP contribution in [0.1, 0.15) is 5.56 Å². The van der Waals surface area contributed by atoms with Crippen molar-refractivity contribution in [2.45, 2.75) is 11.4 Å². The number of aromatic nitrogens is 1. The van der Waals surface area contributed by atoms with Gasteiger partial charge in [-0.05, 0) is 54.4 Å². The van der Waals surface area contributed by atoms with E-state index in [2.05, 4.69) is 15.5 Å². The van der Waals surface area contributed by atoms with Crippen LogP contribution in [-0.4, -0.2) is 21.0 Å². The van der Waals surface area contributed by atoms with Crippen LogP contribution in [0.25, 0.3) is 10.9 Å². The highest BCUT2D eigenvalue weighted by Gasteiger charge is 2.17. The van der Waals surface area contributed by atoms with Crippen molar-refractivity contribution in [1.82, 2.24) is 4.57 Å². The molecule has 4 aromatic rings. The van der Waals surface area contributed by atoms with Crippen LogP contribution in [0.5, 0.6) is 5.88 Å². The van der Waals surface area contributed by atoms with Crippen molar-refractivity contribution < 1.29 is 5.11 Å². The number of aromatic hydroxyl groups is 1. The zero-order chi connectivity index (χ0) is 21.8. The molecule has 3 aromatic carbocycles. The minimum Gasteiger partial charge on any atom is -0.493 e. The van der Waals surface area contributed by atoms with Crippen molar-refractivity contribution in [3.63, 3.8) is 0 Å². The quantitative estimate of drug-likeness (QED) is 0.185. The number of nitrogens with one attached hydrogen (secondary N) is 1. The van der Waals surface area contributed by atoms with Crippen molar-refractivity contribution in [2.75, 3.05) is 11.6 Å². The molecule has 31 heavy (non-hydrogen) atoms. The van der Waals surface area contributed by atoms with E-state index < -0.39 is 0 Å². The summed E-state index contributed by atoms with van der Waals surface area (Å²) in [6, 6.07) is 23.0. The topological polar surface area (TPSA) is 61.9 Å². The highest BCUT2D eigenvalue weighted by Crippen LogP contribution is 2.39. The van der Waals surface area contributed by atoms with Crippen LogP contribution >= 0.6 is 35.6 Å². The molecule has 0 unspecified atom stereocenters. The lowest BCUT2D eigenvalue weighted by atomic mass is 10.2. The summed E-state index contributed by atoms with van der Waals surface area (Å²) in [5.74, 6) is 0.0112. The maximum atomic E-state index is 10.9. The number of nitrogens with zero attached hydrogens (tertiary/aromatic N) is 3. The molecule has 8 heteroatoms. The summed E-state index contributed by atoms with van der Waals surface area (Å²) >= 11 is 13.3. The number of fused-ring (bicyclic) bond motifs is 1. The number of para-hydroxylation sites is 1. The van der Waals surface area contributed by atoms with Gasteiger partial charge >= 0.3 is 0 Å². The first kappa shape index (κ1) is 21.4. The van der Waals surface area contributed by atoms with E-state index in [0.717, 1.165) is 27.0 Å². The molecule has 0 radical (unpaired) electrons. The predicted molar refractivity (Wildman–Crippen MR) is 133 cm³/mol. The van der Waals surface area contributed by atoms with Gasteiger partial charge in [0.15, 0.2) is 5.69 Å². The number of rotatable bonds is 5. The van der Waals surface area contributed by atoms with Crippen molar-refractivity contribution in [3.8, 4) is 5.88 Å². The van der Waals surface area contributed by atoms with Crippen molar-refractivity contribution >= 4 is 63.0 Å². The first-order chi connectivity index (χ1) is 15.1. The van der Waals surface area contributed by atoms with Crippen LogP contribution in [0.3, 0.4) is 0 Å². The van der Waals surface area contributed by atoms with E-state index in [-0.39, 0.29) is 11.0 Å². The molecule has 0 fully saturated rings. The smallest absolute Gasteiger partial charge is 0.221 e. The Hall–Kier alpha value is -2.87. The van der Waals surface area contributed by atoms with E-state index in [1.807, 2.05) is 79.1 Å². The van der Waals surface area contributed by atoms with Crippen molar-refractivity contribution in [3.05, 3.63) is 83.4 Å². The second-order valence-electron chi connectivity index (χ2n) is 6.73. The summed E-state index contributed by atoms with van der Waals surface area (Å²) in [5, 5.41) is 24.0. The Labute approximate surface area is 194 Å². The third-order valence-electron chi connectivity index (χ3n) is 4.77.